The average molecular weight is 266 g/mol. The molecule has 0 aliphatic heterocycles. The molecular weight excluding hydrogens is 248 g/mol. The standard InChI is InChI=1S/C12H14O3.C2H4O2/c1-3-4-9-5-6-10(8-12(13)14)11(7-9)15-2;1-2(3)4/h3-7H,8H2,1-2H3,(H,13,14);1H3,(H,3,4). The fraction of sp³-hybridized carbons (Fsp3) is 0.286. The van der Waals surface area contributed by atoms with Crippen LogP contribution in [0, 0.1) is 0 Å². The molecule has 0 fully saturated rings. The van der Waals surface area contributed by atoms with Gasteiger partial charge in [-0.1, -0.05) is 24.3 Å². The summed E-state index contributed by atoms with van der Waals surface area (Å²) >= 11 is 0. The van der Waals surface area contributed by atoms with Crippen LogP contribution in [-0.2, 0) is 16.0 Å². The minimum atomic E-state index is -0.855. The summed E-state index contributed by atoms with van der Waals surface area (Å²) in [4.78, 5) is 19.6. The summed E-state index contributed by atoms with van der Waals surface area (Å²) in [6.45, 7) is 3.01. The molecule has 0 aromatic heterocycles. The van der Waals surface area contributed by atoms with Crippen molar-refractivity contribution in [2.75, 3.05) is 7.11 Å². The van der Waals surface area contributed by atoms with Gasteiger partial charge in [0.05, 0.1) is 13.5 Å². The lowest BCUT2D eigenvalue weighted by molar-refractivity contribution is -0.136. The molecule has 0 aliphatic carbocycles. The van der Waals surface area contributed by atoms with Crippen LogP contribution >= 0.6 is 0 Å². The molecule has 0 heterocycles. The molecule has 0 saturated carbocycles. The van der Waals surface area contributed by atoms with Crippen LogP contribution in [0.25, 0.3) is 6.08 Å². The second-order valence-electron chi connectivity index (χ2n) is 3.66. The number of carbonyl (C=O) groups is 2. The van der Waals surface area contributed by atoms with Gasteiger partial charge in [-0.15, -0.1) is 0 Å². The van der Waals surface area contributed by atoms with Crippen LogP contribution in [0.15, 0.2) is 24.3 Å². The second-order valence-corrected chi connectivity index (χ2v) is 3.66. The Labute approximate surface area is 112 Å². The SMILES string of the molecule is CC(=O)O.CC=Cc1ccc(CC(=O)O)c(OC)c1. The molecule has 1 rings (SSSR count). The van der Waals surface area contributed by atoms with Crippen LogP contribution < -0.4 is 4.74 Å². The third-order valence-electron chi connectivity index (χ3n) is 2.01. The van der Waals surface area contributed by atoms with E-state index in [1.807, 2.05) is 31.2 Å². The maximum atomic E-state index is 10.6. The highest BCUT2D eigenvalue weighted by atomic mass is 16.5. The Hall–Kier alpha value is -2.30. The van der Waals surface area contributed by atoms with E-state index in [1.165, 1.54) is 0 Å². The molecule has 0 aliphatic rings. The molecule has 0 spiro atoms. The highest BCUT2D eigenvalue weighted by Crippen LogP contribution is 2.21. The van der Waals surface area contributed by atoms with Gasteiger partial charge in [0.15, 0.2) is 0 Å². The number of hydrogen-bond acceptors (Lipinski definition) is 3. The zero-order valence-corrected chi connectivity index (χ0v) is 11.2. The summed E-state index contributed by atoms with van der Waals surface area (Å²) < 4.78 is 5.14. The van der Waals surface area contributed by atoms with Gasteiger partial charge >= 0.3 is 5.97 Å². The van der Waals surface area contributed by atoms with Crippen molar-refractivity contribution in [1.82, 2.24) is 0 Å². The van der Waals surface area contributed by atoms with E-state index in [4.69, 9.17) is 19.7 Å². The van der Waals surface area contributed by atoms with Crippen molar-refractivity contribution >= 4 is 18.0 Å². The number of carboxylic acids is 2. The first-order valence-electron chi connectivity index (χ1n) is 5.61. The number of ether oxygens (including phenoxy) is 1. The van der Waals surface area contributed by atoms with Gasteiger partial charge in [-0.3, -0.25) is 9.59 Å². The molecule has 0 radical (unpaired) electrons. The summed E-state index contributed by atoms with van der Waals surface area (Å²) in [6, 6.07) is 5.49. The molecule has 104 valence electrons. The number of benzene rings is 1. The lowest BCUT2D eigenvalue weighted by Gasteiger charge is -2.07. The largest absolute Gasteiger partial charge is 0.496 e. The van der Waals surface area contributed by atoms with Gasteiger partial charge in [0.1, 0.15) is 5.75 Å². The molecule has 1 aromatic carbocycles. The summed E-state index contributed by atoms with van der Waals surface area (Å²) in [5.74, 6) is -1.07. The average Bonchev–Trinajstić information content (AvgIpc) is 2.30. The van der Waals surface area contributed by atoms with E-state index in [9.17, 15) is 4.79 Å². The van der Waals surface area contributed by atoms with E-state index < -0.39 is 11.9 Å². The van der Waals surface area contributed by atoms with Crippen molar-refractivity contribution in [2.24, 2.45) is 0 Å². The van der Waals surface area contributed by atoms with Crippen molar-refractivity contribution in [3.63, 3.8) is 0 Å². The first-order valence-corrected chi connectivity index (χ1v) is 5.61. The third kappa shape index (κ3) is 7.59. The topological polar surface area (TPSA) is 83.8 Å². The molecule has 5 nitrogen and oxygen atoms in total. The van der Waals surface area contributed by atoms with Gasteiger partial charge in [0.2, 0.25) is 0 Å². The molecule has 0 bridgehead atoms. The Bertz CT molecular complexity index is 459. The normalized spacial score (nSPS) is 9.63. The predicted molar refractivity (Wildman–Crippen MR) is 72.4 cm³/mol. The molecule has 1 aromatic rings. The van der Waals surface area contributed by atoms with Crippen molar-refractivity contribution in [2.45, 2.75) is 20.3 Å². The maximum absolute atomic E-state index is 10.6. The fourth-order valence-corrected chi connectivity index (χ4v) is 1.37. The van der Waals surface area contributed by atoms with E-state index in [0.717, 1.165) is 12.5 Å². The molecule has 5 heteroatoms. The molecular formula is C14H18O5. The molecule has 0 saturated heterocycles. The van der Waals surface area contributed by atoms with E-state index in [2.05, 4.69) is 0 Å². The van der Waals surface area contributed by atoms with E-state index in [-0.39, 0.29) is 6.42 Å². The second kappa shape index (κ2) is 8.74. The Morgan fingerprint density at radius 1 is 1.32 bits per heavy atom. The quantitative estimate of drug-likeness (QED) is 0.874. The van der Waals surface area contributed by atoms with Crippen LogP contribution in [0.4, 0.5) is 0 Å². The summed E-state index contributed by atoms with van der Waals surface area (Å²) in [5, 5.41) is 16.1. The van der Waals surface area contributed by atoms with Crippen LogP contribution in [0.2, 0.25) is 0 Å². The zero-order valence-electron chi connectivity index (χ0n) is 11.2. The van der Waals surface area contributed by atoms with E-state index >= 15 is 0 Å². The Morgan fingerprint density at radius 3 is 2.32 bits per heavy atom. The smallest absolute Gasteiger partial charge is 0.307 e. The highest BCUT2D eigenvalue weighted by molar-refractivity contribution is 5.71. The molecule has 0 atom stereocenters. The van der Waals surface area contributed by atoms with Gasteiger partial charge < -0.3 is 14.9 Å². The molecule has 2 N–H and O–H groups in total. The number of allylic oxidation sites excluding steroid dienone is 1. The lowest BCUT2D eigenvalue weighted by atomic mass is 10.1. The first-order chi connectivity index (χ1) is 8.90. The summed E-state index contributed by atoms with van der Waals surface area (Å²) in [5.41, 5.74) is 1.70. The maximum Gasteiger partial charge on any atom is 0.307 e. The number of methoxy groups -OCH3 is 1. The van der Waals surface area contributed by atoms with E-state index in [1.54, 1.807) is 13.2 Å². The Balaban J connectivity index is 0.000000711. The van der Waals surface area contributed by atoms with Crippen molar-refractivity contribution in [1.29, 1.82) is 0 Å². The van der Waals surface area contributed by atoms with Crippen LogP contribution in [0.5, 0.6) is 5.75 Å². The van der Waals surface area contributed by atoms with Gasteiger partial charge in [0.25, 0.3) is 5.97 Å². The van der Waals surface area contributed by atoms with Gasteiger partial charge in [-0.25, -0.2) is 0 Å². The van der Waals surface area contributed by atoms with Crippen LogP contribution in [0.3, 0.4) is 0 Å². The van der Waals surface area contributed by atoms with Crippen LogP contribution in [-0.4, -0.2) is 29.3 Å². The summed E-state index contributed by atoms with van der Waals surface area (Å²) in [6.07, 6.45) is 3.85. The fourth-order valence-electron chi connectivity index (χ4n) is 1.37. The molecule has 0 amide bonds. The van der Waals surface area contributed by atoms with Crippen molar-refractivity contribution < 1.29 is 24.5 Å². The number of hydrogen-bond donors (Lipinski definition) is 2. The van der Waals surface area contributed by atoms with Gasteiger partial charge in [-0.05, 0) is 18.6 Å². The monoisotopic (exact) mass is 266 g/mol. The minimum absolute atomic E-state index is 0.0146. The first kappa shape index (κ1) is 16.7. The van der Waals surface area contributed by atoms with Gasteiger partial charge in [-0.2, -0.15) is 0 Å². The highest BCUT2D eigenvalue weighted by Gasteiger charge is 2.07. The number of rotatable bonds is 4. The third-order valence-corrected chi connectivity index (χ3v) is 2.01. The van der Waals surface area contributed by atoms with Gasteiger partial charge in [0, 0.05) is 12.5 Å². The van der Waals surface area contributed by atoms with Crippen LogP contribution in [0.1, 0.15) is 25.0 Å². The number of aliphatic carboxylic acids is 2. The lowest BCUT2D eigenvalue weighted by Crippen LogP contribution is -2.02. The Kier molecular flexibility index (Phi) is 7.68. The van der Waals surface area contributed by atoms with E-state index in [0.29, 0.717) is 11.3 Å². The summed E-state index contributed by atoms with van der Waals surface area (Å²) in [7, 11) is 1.54. The Morgan fingerprint density at radius 2 is 1.89 bits per heavy atom. The zero-order chi connectivity index (χ0) is 14.8. The van der Waals surface area contributed by atoms with Crippen molar-refractivity contribution in [3.8, 4) is 5.75 Å². The molecule has 19 heavy (non-hydrogen) atoms. The molecule has 0 unspecified atom stereocenters. The predicted octanol–water partition coefficient (Wildman–Crippen LogP) is 2.45. The van der Waals surface area contributed by atoms with Crippen molar-refractivity contribution in [3.05, 3.63) is 35.4 Å². The minimum Gasteiger partial charge on any atom is -0.496 e. The number of carboxylic acid groups (broad SMARTS) is 2.